The van der Waals surface area contributed by atoms with Gasteiger partial charge in [-0.15, -0.1) is 0 Å². The zero-order chi connectivity index (χ0) is 68.8. The van der Waals surface area contributed by atoms with E-state index >= 15 is 0 Å². The highest BCUT2D eigenvalue weighted by Crippen LogP contribution is 2.46. The molecule has 4 aliphatic carbocycles. The predicted octanol–water partition coefficient (Wildman–Crippen LogP) is -9.50. The second kappa shape index (κ2) is 31.6. The van der Waals surface area contributed by atoms with Gasteiger partial charge < -0.3 is 153 Å². The van der Waals surface area contributed by atoms with E-state index in [1.54, 1.807) is 0 Å². The highest BCUT2D eigenvalue weighted by atomic mass is 16.8. The summed E-state index contributed by atoms with van der Waals surface area (Å²) in [6.45, 7) is -1.72. The molecule has 10 aliphatic rings. The molecule has 95 heavy (non-hydrogen) atoms. The first kappa shape index (κ1) is 74.2. The summed E-state index contributed by atoms with van der Waals surface area (Å²) in [4.78, 5) is 66.8. The SMILES string of the molecule is CC(=O)O[C@@H]1[C@@H](O)[C@H](OC2CC3C(O)CC(O)CC3[OH+]C2C2CCC(O)C(O)C2)O[C@H](COC(=O)CC(=O)O[C@H]2[C@H](OC3CC(O)C4C(=O)C(O[C@@H]5O[C@H](CO)[C@@H](O)[C@H](O)[C@H]5O[C@@H]5O[C@H](CO)[C@@H](O)[C@H](O)[C@H]5O)C(C5CCC(O)CC5)OC4C3)O[C@H](C(=O)O)[C@@H](O)[C@@H]2O)[C@H]1O. The van der Waals surface area contributed by atoms with E-state index < -0.39 is 288 Å². The molecule has 0 bridgehead atoms. The van der Waals surface area contributed by atoms with Gasteiger partial charge in [0.2, 0.25) is 0 Å². The average molecular weight is 1380 g/mol. The molecule has 19 N–H and O–H groups in total. The Balaban J connectivity index is 0.809. The molecule has 15 unspecified atom stereocenters. The van der Waals surface area contributed by atoms with E-state index in [4.69, 9.17) is 61.6 Å². The Morgan fingerprint density at radius 1 is 0.505 bits per heavy atom. The molecule has 542 valence electrons. The maximum absolute atomic E-state index is 15.0. The van der Waals surface area contributed by atoms with E-state index in [2.05, 4.69) is 0 Å². The lowest BCUT2D eigenvalue weighted by molar-refractivity contribution is -0.375. The molecule has 10 rings (SSSR count). The molecule has 6 saturated heterocycles. The molecule has 0 aromatic rings. The van der Waals surface area contributed by atoms with Gasteiger partial charge in [0, 0.05) is 38.5 Å². The summed E-state index contributed by atoms with van der Waals surface area (Å²) in [7, 11) is 0. The fourth-order valence-electron chi connectivity index (χ4n) is 15.3. The van der Waals surface area contributed by atoms with Gasteiger partial charge in [-0.2, -0.15) is 0 Å². The molecule has 36 heteroatoms. The zero-order valence-corrected chi connectivity index (χ0v) is 51.6. The Kier molecular flexibility index (Phi) is 24.6. The third kappa shape index (κ3) is 16.3. The van der Waals surface area contributed by atoms with Crippen molar-refractivity contribution in [3.05, 3.63) is 0 Å². The molecule has 6 heterocycles. The third-order valence-electron chi connectivity index (χ3n) is 20.4. The normalized spacial score (nSPS) is 49.7. The second-order valence-electron chi connectivity index (χ2n) is 26.8. The van der Waals surface area contributed by atoms with E-state index in [1.807, 2.05) is 0 Å². The van der Waals surface area contributed by atoms with Gasteiger partial charge in [0.25, 0.3) is 0 Å². The number of Topliss-reactive ketones (excluding diaryl/α,β-unsaturated/α-hetero) is 1. The molecular formula is C59H91O36+. The van der Waals surface area contributed by atoms with Crippen molar-refractivity contribution < 1.29 is 177 Å². The fourth-order valence-corrected chi connectivity index (χ4v) is 15.3. The van der Waals surface area contributed by atoms with Crippen LogP contribution in [-0.4, -0.2) is 348 Å². The number of aliphatic hydroxyl groups is 19. The number of ketones is 1. The monoisotopic (exact) mass is 1380 g/mol. The highest BCUT2D eigenvalue weighted by Gasteiger charge is 2.61. The van der Waals surface area contributed by atoms with Crippen LogP contribution in [0.4, 0.5) is 0 Å². The fraction of sp³-hybridized carbons (Fsp3) is 0.915. The van der Waals surface area contributed by atoms with Gasteiger partial charge in [-0.1, -0.05) is 0 Å². The smallest absolute Gasteiger partial charge is 0.335 e. The molecule has 0 spiro atoms. The van der Waals surface area contributed by atoms with Crippen LogP contribution in [0.25, 0.3) is 0 Å². The van der Waals surface area contributed by atoms with Crippen LogP contribution in [0.5, 0.6) is 0 Å². The van der Waals surface area contributed by atoms with Crippen LogP contribution in [-0.2, 0) is 80.8 Å². The first-order chi connectivity index (χ1) is 45.0. The molecule has 0 amide bonds. The summed E-state index contributed by atoms with van der Waals surface area (Å²) in [6, 6.07) is 0. The molecule has 10 fully saturated rings. The Bertz CT molecular complexity index is 2580. The van der Waals surface area contributed by atoms with E-state index in [0.717, 1.165) is 6.92 Å². The standard InChI is InChI=1S/C59H90O36/c1-18(62)84-50-40(73)34(91-57(47(50)80)88-31-13-24-26(66)9-22(64)10-29(24)86-48(31)20-4-7-25(65)27(67)8-20)17-83-35(69)14-36(70)92-53-45(78)44(77)52(55(81)82)94-58(53)85-23-11-28(68)37-30(12-23)87-49(19-2-5-21(63)6-3-19)51(41(37)74)93-59-54(43(76)39(72)33(16-61)90-59)95-56-46(79)42(75)38(71)32(15-60)89-56/h19-34,37-40,42-54,56-61,63-68,71-73,75-80H,2-17H2,1H3,(H,81,82)/p+1/t19?,20?,21?,22?,23?,24?,25?,26?,27?,28?,29?,30?,31?,32-,33-,34-,37?,38-,39-,40-,42+,43+,44+,45+,46-,47-,48?,49?,50+,51?,52+,53-,54-,56+,57-,58-,59+/m1/s1. The van der Waals surface area contributed by atoms with Crippen molar-refractivity contribution in [2.45, 2.75) is 293 Å². The number of fused-ring (bicyclic) bond motifs is 2. The number of carboxylic acid groups (broad SMARTS) is 1. The van der Waals surface area contributed by atoms with E-state index in [1.165, 1.54) is 0 Å². The third-order valence-corrected chi connectivity index (χ3v) is 20.4. The van der Waals surface area contributed by atoms with Crippen molar-refractivity contribution in [3.8, 4) is 0 Å². The van der Waals surface area contributed by atoms with Crippen LogP contribution in [0, 0.1) is 23.7 Å². The number of esters is 3. The minimum Gasteiger partial charge on any atom is -0.479 e. The summed E-state index contributed by atoms with van der Waals surface area (Å²) in [5, 5.41) is 194. The van der Waals surface area contributed by atoms with Crippen molar-refractivity contribution in [1.82, 2.24) is 0 Å². The molecule has 6 aliphatic heterocycles. The molecule has 35 atom stereocenters. The lowest BCUT2D eigenvalue weighted by Gasteiger charge is -2.51. The highest BCUT2D eigenvalue weighted by molar-refractivity contribution is 5.91. The Morgan fingerprint density at radius 3 is 1.80 bits per heavy atom. The Labute approximate surface area is 541 Å². The van der Waals surface area contributed by atoms with Crippen molar-refractivity contribution in [1.29, 1.82) is 0 Å². The molecule has 36 nitrogen and oxygen atoms in total. The number of carbonyl (C=O) groups excluding carboxylic acids is 4. The van der Waals surface area contributed by atoms with Gasteiger partial charge in [0.05, 0.1) is 80.0 Å². The first-order valence-corrected chi connectivity index (χ1v) is 32.4. The summed E-state index contributed by atoms with van der Waals surface area (Å²) in [6.07, 6.45) is -53.2. The van der Waals surface area contributed by atoms with Gasteiger partial charge in [-0.05, 0) is 57.3 Å². The molecular weight excluding hydrogens is 1280 g/mol. The molecule has 0 aromatic heterocycles. The minimum absolute atomic E-state index is 0.0465. The average Bonchev–Trinajstić information content (AvgIpc) is 0.764. The van der Waals surface area contributed by atoms with Gasteiger partial charge >= 0.3 is 23.9 Å². The molecule has 0 aromatic carbocycles. The van der Waals surface area contributed by atoms with Crippen LogP contribution < -0.4 is 0 Å². The van der Waals surface area contributed by atoms with Crippen molar-refractivity contribution in [2.24, 2.45) is 23.7 Å². The number of rotatable bonds is 19. The van der Waals surface area contributed by atoms with Gasteiger partial charge in [-0.25, -0.2) is 4.79 Å². The quantitative estimate of drug-likeness (QED) is 0.0247. The van der Waals surface area contributed by atoms with Crippen LogP contribution in [0.2, 0.25) is 0 Å². The molecule has 0 radical (unpaired) electrons. The lowest BCUT2D eigenvalue weighted by Crippen LogP contribution is -2.67. The van der Waals surface area contributed by atoms with Crippen LogP contribution in [0.1, 0.15) is 90.4 Å². The zero-order valence-electron chi connectivity index (χ0n) is 51.6. The topological polar surface area (TPSA) is 573 Å². The lowest BCUT2D eigenvalue weighted by atomic mass is 9.72. The van der Waals surface area contributed by atoms with Crippen molar-refractivity contribution in [2.75, 3.05) is 19.8 Å². The maximum Gasteiger partial charge on any atom is 0.335 e. The summed E-state index contributed by atoms with van der Waals surface area (Å²) in [5.41, 5.74) is 0. The Morgan fingerprint density at radius 2 is 1.14 bits per heavy atom. The van der Waals surface area contributed by atoms with Gasteiger partial charge in [0.1, 0.15) is 105 Å². The minimum atomic E-state index is -2.31. The number of carboxylic acids is 1. The van der Waals surface area contributed by atoms with Crippen LogP contribution in [0.3, 0.4) is 0 Å². The van der Waals surface area contributed by atoms with Crippen LogP contribution >= 0.6 is 0 Å². The van der Waals surface area contributed by atoms with E-state index in [-0.39, 0.29) is 64.2 Å². The maximum atomic E-state index is 15.0. The Hall–Kier alpha value is -3.53. The largest absolute Gasteiger partial charge is 0.479 e. The number of ether oxygens (including phenoxy) is 13. The summed E-state index contributed by atoms with van der Waals surface area (Å²) in [5.74, 6) is -9.46. The first-order valence-electron chi connectivity index (χ1n) is 32.4. The van der Waals surface area contributed by atoms with Crippen molar-refractivity contribution >= 4 is 29.7 Å². The summed E-state index contributed by atoms with van der Waals surface area (Å²) >= 11 is 0. The summed E-state index contributed by atoms with van der Waals surface area (Å²) < 4.78 is 75.1. The number of aliphatic hydroxyl groups excluding tert-OH is 17. The predicted molar refractivity (Wildman–Crippen MR) is 300 cm³/mol. The van der Waals surface area contributed by atoms with Gasteiger partial charge in [0.15, 0.2) is 61.5 Å². The van der Waals surface area contributed by atoms with E-state index in [9.17, 15) is 116 Å². The van der Waals surface area contributed by atoms with E-state index in [0.29, 0.717) is 6.42 Å². The number of aliphatic carboxylic acids is 1. The van der Waals surface area contributed by atoms with Gasteiger partial charge in [-0.3, -0.25) is 19.2 Å². The molecule has 4 saturated carbocycles. The second-order valence-corrected chi connectivity index (χ2v) is 26.8. The number of hydrogen-bond acceptors (Lipinski definition) is 34. The van der Waals surface area contributed by atoms with Crippen molar-refractivity contribution in [3.63, 3.8) is 0 Å². The number of hydrogen-bond donors (Lipinski definition) is 18. The van der Waals surface area contributed by atoms with Crippen LogP contribution in [0.15, 0.2) is 0 Å². The number of carbonyl (C=O) groups is 5.